The molecule has 0 bridgehead atoms. The highest BCUT2D eigenvalue weighted by atomic mass is 16.5. The number of ether oxygens (including phenoxy) is 1. The number of morpholine rings is 1. The van der Waals surface area contributed by atoms with E-state index < -0.39 is 0 Å². The molecule has 6 heteroatoms. The van der Waals surface area contributed by atoms with Gasteiger partial charge in [0, 0.05) is 37.2 Å². The summed E-state index contributed by atoms with van der Waals surface area (Å²) >= 11 is 0. The van der Waals surface area contributed by atoms with Crippen LogP contribution in [-0.4, -0.2) is 46.5 Å². The second-order valence-electron chi connectivity index (χ2n) is 5.51. The molecule has 1 saturated heterocycles. The average molecular weight is 298 g/mol. The number of aromatic nitrogens is 3. The summed E-state index contributed by atoms with van der Waals surface area (Å²) in [4.78, 5) is 26.4. The van der Waals surface area contributed by atoms with Crippen LogP contribution in [0.15, 0.2) is 30.9 Å². The first kappa shape index (κ1) is 14.6. The lowest BCUT2D eigenvalue weighted by Crippen LogP contribution is -2.46. The number of carbonyl (C=O) groups is 1. The first-order valence-electron chi connectivity index (χ1n) is 7.29. The van der Waals surface area contributed by atoms with Crippen LogP contribution >= 0.6 is 0 Å². The van der Waals surface area contributed by atoms with Crippen molar-refractivity contribution in [1.29, 1.82) is 0 Å². The van der Waals surface area contributed by atoms with E-state index in [1.165, 1.54) is 0 Å². The fraction of sp³-hybridized carbons (Fsp3) is 0.375. The number of aldehydes is 1. The van der Waals surface area contributed by atoms with Crippen molar-refractivity contribution in [3.05, 3.63) is 36.4 Å². The van der Waals surface area contributed by atoms with E-state index in [-0.39, 0.29) is 12.2 Å². The SMILES string of the molecule is CC1CN(c2ncc(-c3cnccn3)cc2C=O)CC(C)O1. The lowest BCUT2D eigenvalue weighted by molar-refractivity contribution is -0.00549. The van der Waals surface area contributed by atoms with Crippen molar-refractivity contribution in [3.8, 4) is 11.3 Å². The summed E-state index contributed by atoms with van der Waals surface area (Å²) in [5.41, 5.74) is 2.05. The fourth-order valence-electron chi connectivity index (χ4n) is 2.76. The molecule has 114 valence electrons. The molecule has 6 nitrogen and oxygen atoms in total. The van der Waals surface area contributed by atoms with Crippen LogP contribution in [0.25, 0.3) is 11.3 Å². The van der Waals surface area contributed by atoms with Gasteiger partial charge in [0.1, 0.15) is 5.82 Å². The predicted molar refractivity (Wildman–Crippen MR) is 82.9 cm³/mol. The Morgan fingerprint density at radius 1 is 1.18 bits per heavy atom. The summed E-state index contributed by atoms with van der Waals surface area (Å²) in [6, 6.07) is 1.81. The maximum absolute atomic E-state index is 11.5. The minimum absolute atomic E-state index is 0.115. The van der Waals surface area contributed by atoms with Gasteiger partial charge >= 0.3 is 0 Å². The van der Waals surface area contributed by atoms with E-state index in [4.69, 9.17) is 4.74 Å². The summed E-state index contributed by atoms with van der Waals surface area (Å²) < 4.78 is 5.73. The molecule has 3 rings (SSSR count). The molecule has 1 fully saturated rings. The number of anilines is 1. The molecule has 2 aromatic heterocycles. The number of carbonyl (C=O) groups excluding carboxylic acids is 1. The molecule has 2 aromatic rings. The van der Waals surface area contributed by atoms with Crippen LogP contribution in [0.1, 0.15) is 24.2 Å². The molecule has 0 amide bonds. The van der Waals surface area contributed by atoms with Crippen LogP contribution in [0.2, 0.25) is 0 Å². The Morgan fingerprint density at radius 2 is 1.95 bits per heavy atom. The Balaban J connectivity index is 1.94. The van der Waals surface area contributed by atoms with Gasteiger partial charge in [0.15, 0.2) is 6.29 Å². The van der Waals surface area contributed by atoms with Crippen molar-refractivity contribution in [2.24, 2.45) is 0 Å². The standard InChI is InChI=1S/C16H18N4O2/c1-11-8-20(9-12(2)22-11)16-14(10-21)5-13(6-19-16)15-7-17-3-4-18-15/h3-7,10-12H,8-9H2,1-2H3. The molecule has 22 heavy (non-hydrogen) atoms. The van der Waals surface area contributed by atoms with E-state index in [9.17, 15) is 4.79 Å². The Labute approximate surface area is 129 Å². The predicted octanol–water partition coefficient (Wildman–Crippen LogP) is 1.96. The van der Waals surface area contributed by atoms with Gasteiger partial charge in [-0.15, -0.1) is 0 Å². The number of pyridine rings is 1. The van der Waals surface area contributed by atoms with Crippen LogP contribution in [0, 0.1) is 0 Å². The van der Waals surface area contributed by atoms with Crippen molar-refractivity contribution >= 4 is 12.1 Å². The van der Waals surface area contributed by atoms with E-state index in [0.29, 0.717) is 17.1 Å². The van der Waals surface area contributed by atoms with Gasteiger partial charge in [-0.1, -0.05) is 0 Å². The van der Waals surface area contributed by atoms with E-state index in [2.05, 4.69) is 19.9 Å². The third-order valence-corrected chi connectivity index (χ3v) is 3.60. The minimum Gasteiger partial charge on any atom is -0.372 e. The Morgan fingerprint density at radius 3 is 2.59 bits per heavy atom. The zero-order valence-corrected chi connectivity index (χ0v) is 12.6. The molecule has 2 unspecified atom stereocenters. The summed E-state index contributed by atoms with van der Waals surface area (Å²) in [5.74, 6) is 0.699. The normalized spacial score (nSPS) is 21.6. The Kier molecular flexibility index (Phi) is 4.11. The zero-order valence-electron chi connectivity index (χ0n) is 12.6. The largest absolute Gasteiger partial charge is 0.372 e. The number of nitrogens with zero attached hydrogens (tertiary/aromatic N) is 4. The van der Waals surface area contributed by atoms with Crippen molar-refractivity contribution < 1.29 is 9.53 Å². The van der Waals surface area contributed by atoms with Gasteiger partial charge in [-0.05, 0) is 19.9 Å². The maximum Gasteiger partial charge on any atom is 0.153 e. The summed E-state index contributed by atoms with van der Waals surface area (Å²) in [5, 5.41) is 0. The highest BCUT2D eigenvalue weighted by molar-refractivity contribution is 5.85. The Bertz CT molecular complexity index is 652. The average Bonchev–Trinajstić information content (AvgIpc) is 2.54. The first-order valence-corrected chi connectivity index (χ1v) is 7.29. The topological polar surface area (TPSA) is 68.2 Å². The van der Waals surface area contributed by atoms with Gasteiger partial charge in [0.2, 0.25) is 0 Å². The highest BCUT2D eigenvalue weighted by Gasteiger charge is 2.25. The highest BCUT2D eigenvalue weighted by Crippen LogP contribution is 2.25. The van der Waals surface area contributed by atoms with Gasteiger partial charge in [0.25, 0.3) is 0 Å². The van der Waals surface area contributed by atoms with Gasteiger partial charge in [-0.3, -0.25) is 14.8 Å². The second-order valence-corrected chi connectivity index (χ2v) is 5.51. The van der Waals surface area contributed by atoms with Crippen LogP contribution in [-0.2, 0) is 4.74 Å². The molecule has 0 spiro atoms. The third kappa shape index (κ3) is 2.96. The number of rotatable bonds is 3. The Hall–Kier alpha value is -2.34. The summed E-state index contributed by atoms with van der Waals surface area (Å²) in [6.45, 7) is 5.50. The molecular weight excluding hydrogens is 280 g/mol. The van der Waals surface area contributed by atoms with Crippen LogP contribution in [0.3, 0.4) is 0 Å². The van der Waals surface area contributed by atoms with Crippen LogP contribution in [0.4, 0.5) is 5.82 Å². The molecule has 0 radical (unpaired) electrons. The van der Waals surface area contributed by atoms with E-state index >= 15 is 0 Å². The maximum atomic E-state index is 11.5. The van der Waals surface area contributed by atoms with Crippen molar-refractivity contribution in [2.45, 2.75) is 26.1 Å². The molecular formula is C16H18N4O2. The van der Waals surface area contributed by atoms with E-state index in [1.807, 2.05) is 19.9 Å². The second kappa shape index (κ2) is 6.19. The van der Waals surface area contributed by atoms with Gasteiger partial charge in [0.05, 0.1) is 29.7 Å². The third-order valence-electron chi connectivity index (χ3n) is 3.60. The lowest BCUT2D eigenvalue weighted by Gasteiger charge is -2.36. The van der Waals surface area contributed by atoms with E-state index in [1.54, 1.807) is 24.8 Å². The summed E-state index contributed by atoms with van der Waals surface area (Å²) in [7, 11) is 0. The van der Waals surface area contributed by atoms with Crippen molar-refractivity contribution in [3.63, 3.8) is 0 Å². The number of hydrogen-bond donors (Lipinski definition) is 0. The summed E-state index contributed by atoms with van der Waals surface area (Å²) in [6.07, 6.45) is 7.70. The van der Waals surface area contributed by atoms with Crippen LogP contribution < -0.4 is 4.90 Å². The van der Waals surface area contributed by atoms with Gasteiger partial charge in [-0.25, -0.2) is 4.98 Å². The minimum atomic E-state index is 0.115. The quantitative estimate of drug-likeness (QED) is 0.807. The van der Waals surface area contributed by atoms with Gasteiger partial charge < -0.3 is 9.64 Å². The zero-order chi connectivity index (χ0) is 15.5. The van der Waals surface area contributed by atoms with E-state index in [0.717, 1.165) is 24.9 Å². The van der Waals surface area contributed by atoms with Crippen molar-refractivity contribution in [1.82, 2.24) is 15.0 Å². The smallest absolute Gasteiger partial charge is 0.153 e. The molecule has 2 atom stereocenters. The molecule has 0 aromatic carbocycles. The van der Waals surface area contributed by atoms with Gasteiger partial charge in [-0.2, -0.15) is 0 Å². The molecule has 3 heterocycles. The van der Waals surface area contributed by atoms with Crippen molar-refractivity contribution in [2.75, 3.05) is 18.0 Å². The number of hydrogen-bond acceptors (Lipinski definition) is 6. The molecule has 1 aliphatic heterocycles. The fourth-order valence-corrected chi connectivity index (χ4v) is 2.76. The van der Waals surface area contributed by atoms with Crippen LogP contribution in [0.5, 0.6) is 0 Å². The molecule has 0 N–H and O–H groups in total. The lowest BCUT2D eigenvalue weighted by atomic mass is 10.1. The molecule has 0 saturated carbocycles. The monoisotopic (exact) mass is 298 g/mol. The molecule has 0 aliphatic carbocycles. The first-order chi connectivity index (χ1) is 10.7. The molecule has 1 aliphatic rings.